The van der Waals surface area contributed by atoms with E-state index in [1.54, 1.807) is 13.0 Å². The number of sulfonamides is 1. The monoisotopic (exact) mass is 295 g/mol. The number of anilines is 1. The number of rotatable bonds is 4. The Kier molecular flexibility index (Phi) is 4.01. The molecule has 7 heteroatoms. The molecule has 0 fully saturated rings. The van der Waals surface area contributed by atoms with Gasteiger partial charge in [-0.2, -0.15) is 8.42 Å². The van der Waals surface area contributed by atoms with Gasteiger partial charge < -0.3 is 5.73 Å². The Morgan fingerprint density at radius 3 is 2.60 bits per heavy atom. The molecule has 0 unspecified atom stereocenters. The van der Waals surface area contributed by atoms with Crippen LogP contribution in [0.1, 0.15) is 11.1 Å². The van der Waals surface area contributed by atoms with E-state index in [2.05, 4.69) is 9.71 Å². The number of nitrogens with zero attached hydrogens (tertiary/aromatic N) is 1. The molecule has 0 spiro atoms. The Labute approximate surface area is 116 Å². The van der Waals surface area contributed by atoms with Gasteiger partial charge in [-0.1, -0.05) is 6.07 Å². The smallest absolute Gasteiger partial charge is 0.279 e. The van der Waals surface area contributed by atoms with Gasteiger partial charge in [0.15, 0.2) is 5.03 Å². The zero-order valence-corrected chi connectivity index (χ0v) is 11.6. The third-order valence-electron chi connectivity index (χ3n) is 2.74. The average Bonchev–Trinajstić information content (AvgIpc) is 2.42. The minimum atomic E-state index is -3.80. The average molecular weight is 295 g/mol. The topological polar surface area (TPSA) is 85.1 Å². The Bertz CT molecular complexity index is 715. The third kappa shape index (κ3) is 3.12. The molecule has 2 rings (SSSR count). The number of nitrogens with two attached hydrogens (primary N) is 1. The van der Waals surface area contributed by atoms with Crippen molar-refractivity contribution in [2.45, 2.75) is 18.5 Å². The highest BCUT2D eigenvalue weighted by molar-refractivity contribution is 7.92. The van der Waals surface area contributed by atoms with Gasteiger partial charge in [-0.05, 0) is 42.3 Å². The molecule has 0 amide bonds. The first-order valence-electron chi connectivity index (χ1n) is 5.86. The molecule has 0 aliphatic rings. The molecule has 106 valence electrons. The highest BCUT2D eigenvalue weighted by atomic mass is 32.2. The molecule has 5 nitrogen and oxygen atoms in total. The molecular weight excluding hydrogens is 281 g/mol. The van der Waals surface area contributed by atoms with Gasteiger partial charge >= 0.3 is 0 Å². The predicted octanol–water partition coefficient (Wildman–Crippen LogP) is 1.79. The molecule has 1 heterocycles. The van der Waals surface area contributed by atoms with Crippen LogP contribution >= 0.6 is 0 Å². The Hall–Kier alpha value is -1.99. The van der Waals surface area contributed by atoms with Crippen LogP contribution in [-0.4, -0.2) is 13.4 Å². The van der Waals surface area contributed by atoms with E-state index in [-0.39, 0.29) is 11.6 Å². The molecule has 1 aromatic heterocycles. The predicted molar refractivity (Wildman–Crippen MR) is 74.1 cm³/mol. The summed E-state index contributed by atoms with van der Waals surface area (Å²) in [5.74, 6) is -0.420. The molecule has 0 aliphatic carbocycles. The first-order chi connectivity index (χ1) is 9.42. The van der Waals surface area contributed by atoms with Gasteiger partial charge in [0.2, 0.25) is 0 Å². The van der Waals surface area contributed by atoms with Crippen molar-refractivity contribution in [1.29, 1.82) is 0 Å². The van der Waals surface area contributed by atoms with E-state index in [0.717, 1.165) is 5.56 Å². The number of pyridine rings is 1. The van der Waals surface area contributed by atoms with Gasteiger partial charge in [-0.15, -0.1) is 0 Å². The lowest BCUT2D eigenvalue weighted by molar-refractivity contribution is 0.597. The van der Waals surface area contributed by atoms with Gasteiger partial charge in [0.1, 0.15) is 5.82 Å². The van der Waals surface area contributed by atoms with Crippen LogP contribution in [0.2, 0.25) is 0 Å². The van der Waals surface area contributed by atoms with E-state index in [9.17, 15) is 12.8 Å². The highest BCUT2D eigenvalue weighted by Gasteiger charge is 2.16. The number of hydrogen-bond acceptors (Lipinski definition) is 4. The van der Waals surface area contributed by atoms with Crippen molar-refractivity contribution in [3.8, 4) is 0 Å². The van der Waals surface area contributed by atoms with Crippen molar-refractivity contribution in [2.24, 2.45) is 5.73 Å². The number of aryl methyl sites for hydroxylation is 1. The van der Waals surface area contributed by atoms with E-state index in [1.165, 1.54) is 30.5 Å². The normalized spacial score (nSPS) is 11.3. The fourth-order valence-electron chi connectivity index (χ4n) is 1.63. The van der Waals surface area contributed by atoms with E-state index in [4.69, 9.17) is 5.73 Å². The van der Waals surface area contributed by atoms with Crippen molar-refractivity contribution in [3.05, 3.63) is 53.5 Å². The lowest BCUT2D eigenvalue weighted by Gasteiger charge is -2.10. The SMILES string of the molecule is Cc1cc(F)ccc1NS(=O)(=O)c1ccc(CN)cn1. The summed E-state index contributed by atoms with van der Waals surface area (Å²) in [4.78, 5) is 3.86. The Balaban J connectivity index is 2.30. The zero-order valence-electron chi connectivity index (χ0n) is 10.8. The van der Waals surface area contributed by atoms with Crippen molar-refractivity contribution < 1.29 is 12.8 Å². The van der Waals surface area contributed by atoms with E-state index in [1.807, 2.05) is 0 Å². The number of nitrogens with one attached hydrogen (secondary N) is 1. The standard InChI is InChI=1S/C13H14FN3O2S/c1-9-6-11(14)3-4-12(9)17-20(18,19)13-5-2-10(7-15)8-16-13/h2-6,8,17H,7,15H2,1H3. The minimum absolute atomic E-state index is 0.113. The van der Waals surface area contributed by atoms with Crippen LogP contribution < -0.4 is 10.5 Å². The lowest BCUT2D eigenvalue weighted by Crippen LogP contribution is -2.15. The Morgan fingerprint density at radius 1 is 1.30 bits per heavy atom. The second kappa shape index (κ2) is 5.56. The zero-order chi connectivity index (χ0) is 14.8. The summed E-state index contributed by atoms with van der Waals surface area (Å²) >= 11 is 0. The maximum absolute atomic E-state index is 13.0. The second-order valence-electron chi connectivity index (χ2n) is 4.27. The first kappa shape index (κ1) is 14.4. The molecule has 0 saturated carbocycles. The number of halogens is 1. The number of aromatic nitrogens is 1. The van der Waals surface area contributed by atoms with Crippen molar-refractivity contribution >= 4 is 15.7 Å². The molecular formula is C13H14FN3O2S. The summed E-state index contributed by atoms with van der Waals surface area (Å²) in [5, 5.41) is -0.113. The first-order valence-corrected chi connectivity index (χ1v) is 7.34. The maximum atomic E-state index is 13.0. The third-order valence-corrected chi connectivity index (χ3v) is 4.02. The van der Waals surface area contributed by atoms with Crippen LogP contribution in [0.15, 0.2) is 41.6 Å². The van der Waals surface area contributed by atoms with E-state index >= 15 is 0 Å². The molecule has 0 atom stereocenters. The van der Waals surface area contributed by atoms with Gasteiger partial charge in [0.05, 0.1) is 5.69 Å². The summed E-state index contributed by atoms with van der Waals surface area (Å²) in [6, 6.07) is 6.79. The summed E-state index contributed by atoms with van der Waals surface area (Å²) in [6.07, 6.45) is 1.41. The van der Waals surface area contributed by atoms with Crippen LogP contribution in [0.25, 0.3) is 0 Å². The molecule has 3 N–H and O–H groups in total. The fraction of sp³-hybridized carbons (Fsp3) is 0.154. The van der Waals surface area contributed by atoms with Crippen LogP contribution in [0.5, 0.6) is 0 Å². The fourth-order valence-corrected chi connectivity index (χ4v) is 2.69. The second-order valence-corrected chi connectivity index (χ2v) is 5.90. The number of hydrogen-bond donors (Lipinski definition) is 2. The maximum Gasteiger partial charge on any atom is 0.279 e. The van der Waals surface area contributed by atoms with Crippen LogP contribution in [0, 0.1) is 12.7 Å². The van der Waals surface area contributed by atoms with E-state index < -0.39 is 15.8 Å². The van der Waals surface area contributed by atoms with E-state index in [0.29, 0.717) is 11.3 Å². The quantitative estimate of drug-likeness (QED) is 0.900. The van der Waals surface area contributed by atoms with Crippen LogP contribution in [0.3, 0.4) is 0 Å². The van der Waals surface area contributed by atoms with Crippen LogP contribution in [-0.2, 0) is 16.6 Å². The minimum Gasteiger partial charge on any atom is -0.326 e. The highest BCUT2D eigenvalue weighted by Crippen LogP contribution is 2.19. The van der Waals surface area contributed by atoms with Crippen LogP contribution in [0.4, 0.5) is 10.1 Å². The molecule has 0 radical (unpaired) electrons. The molecule has 0 aliphatic heterocycles. The molecule has 1 aromatic carbocycles. The summed E-state index contributed by atoms with van der Waals surface area (Å²) < 4.78 is 39.6. The summed E-state index contributed by atoms with van der Waals surface area (Å²) in [5.41, 5.74) is 6.97. The van der Waals surface area contributed by atoms with Crippen molar-refractivity contribution in [2.75, 3.05) is 4.72 Å². The van der Waals surface area contributed by atoms with Gasteiger partial charge in [0, 0.05) is 12.7 Å². The lowest BCUT2D eigenvalue weighted by atomic mass is 10.2. The van der Waals surface area contributed by atoms with Gasteiger partial charge in [0.25, 0.3) is 10.0 Å². The Morgan fingerprint density at radius 2 is 2.05 bits per heavy atom. The van der Waals surface area contributed by atoms with Gasteiger partial charge in [-0.3, -0.25) is 4.72 Å². The van der Waals surface area contributed by atoms with Crippen molar-refractivity contribution in [3.63, 3.8) is 0 Å². The largest absolute Gasteiger partial charge is 0.326 e. The van der Waals surface area contributed by atoms with Crippen molar-refractivity contribution in [1.82, 2.24) is 4.98 Å². The molecule has 0 saturated heterocycles. The molecule has 0 bridgehead atoms. The summed E-state index contributed by atoms with van der Waals surface area (Å²) in [6.45, 7) is 1.91. The number of benzene rings is 1. The van der Waals surface area contributed by atoms with Gasteiger partial charge in [-0.25, -0.2) is 9.37 Å². The molecule has 20 heavy (non-hydrogen) atoms. The summed E-state index contributed by atoms with van der Waals surface area (Å²) in [7, 11) is -3.80. The molecule has 2 aromatic rings.